The summed E-state index contributed by atoms with van der Waals surface area (Å²) < 4.78 is 1.82. The van der Waals surface area contributed by atoms with Gasteiger partial charge in [-0.25, -0.2) is 4.68 Å². The van der Waals surface area contributed by atoms with E-state index in [1.165, 1.54) is 25.7 Å². The van der Waals surface area contributed by atoms with Crippen molar-refractivity contribution in [2.45, 2.75) is 46.1 Å². The second kappa shape index (κ2) is 4.79. The molecule has 2 rings (SSSR count). The molecule has 0 aromatic carbocycles. The Morgan fingerprint density at radius 2 is 2.29 bits per heavy atom. The second-order valence-corrected chi connectivity index (χ2v) is 5.28. The standard InChI is InChI=1S/C13H20N4/c1-9-4-3-5-11(6-9)8-17-13(15)12(7-14)10(2)16-17/h9,11H,3-6,8,15H2,1-2H3/t9-,11+/m1/s1. The fourth-order valence-electron chi connectivity index (χ4n) is 2.85. The van der Waals surface area contributed by atoms with Crippen LogP contribution in [0.25, 0.3) is 0 Å². The molecule has 2 N–H and O–H groups in total. The molecule has 4 heteroatoms. The van der Waals surface area contributed by atoms with Crippen LogP contribution in [0.1, 0.15) is 43.9 Å². The number of nitrogen functional groups attached to an aromatic ring is 1. The SMILES string of the molecule is Cc1nn(C[C@H]2CCC[C@@H](C)C2)c(N)c1C#N. The van der Waals surface area contributed by atoms with Gasteiger partial charge in [-0.2, -0.15) is 10.4 Å². The highest BCUT2D eigenvalue weighted by Gasteiger charge is 2.21. The van der Waals surface area contributed by atoms with Crippen molar-refractivity contribution >= 4 is 5.82 Å². The highest BCUT2D eigenvalue weighted by molar-refractivity contribution is 5.51. The maximum Gasteiger partial charge on any atom is 0.140 e. The van der Waals surface area contributed by atoms with Crippen molar-refractivity contribution in [1.82, 2.24) is 9.78 Å². The van der Waals surface area contributed by atoms with E-state index in [9.17, 15) is 0 Å². The van der Waals surface area contributed by atoms with Gasteiger partial charge in [0.2, 0.25) is 0 Å². The highest BCUT2D eigenvalue weighted by Crippen LogP contribution is 2.30. The third-order valence-electron chi connectivity index (χ3n) is 3.75. The first kappa shape index (κ1) is 12.0. The molecule has 17 heavy (non-hydrogen) atoms. The van der Waals surface area contributed by atoms with Crippen LogP contribution in [0.5, 0.6) is 0 Å². The summed E-state index contributed by atoms with van der Waals surface area (Å²) in [5.74, 6) is 2.00. The van der Waals surface area contributed by atoms with E-state index < -0.39 is 0 Å². The van der Waals surface area contributed by atoms with Gasteiger partial charge in [0.1, 0.15) is 17.5 Å². The van der Waals surface area contributed by atoms with Crippen molar-refractivity contribution in [2.24, 2.45) is 11.8 Å². The molecule has 0 unspecified atom stereocenters. The Labute approximate surface area is 102 Å². The summed E-state index contributed by atoms with van der Waals surface area (Å²) in [5, 5.41) is 13.3. The van der Waals surface area contributed by atoms with Crippen LogP contribution in [0, 0.1) is 30.1 Å². The van der Waals surface area contributed by atoms with Crippen molar-refractivity contribution in [1.29, 1.82) is 5.26 Å². The molecule has 2 atom stereocenters. The van der Waals surface area contributed by atoms with E-state index in [0.29, 0.717) is 17.3 Å². The summed E-state index contributed by atoms with van der Waals surface area (Å²) >= 11 is 0. The lowest BCUT2D eigenvalue weighted by atomic mass is 9.82. The number of nitriles is 1. The molecule has 1 aliphatic carbocycles. The predicted molar refractivity (Wildman–Crippen MR) is 67.2 cm³/mol. The lowest BCUT2D eigenvalue weighted by Crippen LogP contribution is -2.20. The van der Waals surface area contributed by atoms with Gasteiger partial charge in [-0.05, 0) is 31.6 Å². The first-order valence-corrected chi connectivity index (χ1v) is 6.34. The molecule has 1 heterocycles. The maximum absolute atomic E-state index is 8.98. The topological polar surface area (TPSA) is 67.6 Å². The third kappa shape index (κ3) is 2.44. The predicted octanol–water partition coefficient (Wildman–Crippen LogP) is 2.47. The Hall–Kier alpha value is -1.50. The van der Waals surface area contributed by atoms with E-state index in [1.54, 1.807) is 0 Å². The first-order valence-electron chi connectivity index (χ1n) is 6.34. The molecule has 0 bridgehead atoms. The molecule has 0 aliphatic heterocycles. The Balaban J connectivity index is 2.11. The molecule has 1 aromatic heterocycles. The quantitative estimate of drug-likeness (QED) is 0.851. The number of aromatic nitrogens is 2. The molecular weight excluding hydrogens is 212 g/mol. The van der Waals surface area contributed by atoms with Gasteiger partial charge < -0.3 is 5.73 Å². The normalized spacial score (nSPS) is 24.5. The van der Waals surface area contributed by atoms with Crippen LogP contribution in [-0.4, -0.2) is 9.78 Å². The molecular formula is C13H20N4. The number of nitrogens with two attached hydrogens (primary N) is 1. The lowest BCUT2D eigenvalue weighted by Gasteiger charge is -2.26. The fraction of sp³-hybridized carbons (Fsp3) is 0.692. The summed E-state index contributed by atoms with van der Waals surface area (Å²) in [4.78, 5) is 0. The molecule has 1 aromatic rings. The number of aryl methyl sites for hydroxylation is 1. The summed E-state index contributed by atoms with van der Waals surface area (Å²) in [5.41, 5.74) is 7.22. The van der Waals surface area contributed by atoms with Gasteiger partial charge in [-0.15, -0.1) is 0 Å². The maximum atomic E-state index is 8.98. The molecule has 0 radical (unpaired) electrons. The van der Waals surface area contributed by atoms with Crippen LogP contribution in [0.3, 0.4) is 0 Å². The minimum Gasteiger partial charge on any atom is -0.383 e. The molecule has 1 fully saturated rings. The number of hydrogen-bond donors (Lipinski definition) is 1. The first-order chi connectivity index (χ1) is 8.11. The number of hydrogen-bond acceptors (Lipinski definition) is 3. The smallest absolute Gasteiger partial charge is 0.140 e. The average Bonchev–Trinajstić information content (AvgIpc) is 2.54. The van der Waals surface area contributed by atoms with Gasteiger partial charge in [0.15, 0.2) is 0 Å². The van der Waals surface area contributed by atoms with E-state index in [2.05, 4.69) is 18.1 Å². The van der Waals surface area contributed by atoms with Crippen LogP contribution in [0.15, 0.2) is 0 Å². The minimum atomic E-state index is 0.531. The average molecular weight is 232 g/mol. The van der Waals surface area contributed by atoms with E-state index in [4.69, 9.17) is 11.0 Å². The van der Waals surface area contributed by atoms with Crippen molar-refractivity contribution in [3.05, 3.63) is 11.3 Å². The zero-order chi connectivity index (χ0) is 12.4. The van der Waals surface area contributed by atoms with E-state index in [0.717, 1.165) is 18.2 Å². The van der Waals surface area contributed by atoms with Gasteiger partial charge in [0.25, 0.3) is 0 Å². The molecule has 0 saturated heterocycles. The third-order valence-corrected chi connectivity index (χ3v) is 3.75. The van der Waals surface area contributed by atoms with Crippen LogP contribution in [0.2, 0.25) is 0 Å². The van der Waals surface area contributed by atoms with Gasteiger partial charge in [-0.3, -0.25) is 0 Å². The molecule has 1 saturated carbocycles. The number of anilines is 1. The second-order valence-electron chi connectivity index (χ2n) is 5.28. The minimum absolute atomic E-state index is 0.531. The van der Waals surface area contributed by atoms with Gasteiger partial charge >= 0.3 is 0 Å². The Morgan fingerprint density at radius 1 is 1.53 bits per heavy atom. The fourth-order valence-corrected chi connectivity index (χ4v) is 2.85. The number of nitrogens with zero attached hydrogens (tertiary/aromatic N) is 3. The van der Waals surface area contributed by atoms with E-state index in [1.807, 2.05) is 11.6 Å². The molecule has 4 nitrogen and oxygen atoms in total. The zero-order valence-corrected chi connectivity index (χ0v) is 10.6. The van der Waals surface area contributed by atoms with Crippen molar-refractivity contribution in [2.75, 3.05) is 5.73 Å². The van der Waals surface area contributed by atoms with Crippen LogP contribution in [-0.2, 0) is 6.54 Å². The molecule has 92 valence electrons. The molecule has 0 amide bonds. The Bertz CT molecular complexity index is 441. The lowest BCUT2D eigenvalue weighted by molar-refractivity contribution is 0.251. The van der Waals surface area contributed by atoms with Crippen LogP contribution >= 0.6 is 0 Å². The highest BCUT2D eigenvalue weighted by atomic mass is 15.3. The van der Waals surface area contributed by atoms with Crippen molar-refractivity contribution in [3.8, 4) is 6.07 Å². The summed E-state index contributed by atoms with van der Waals surface area (Å²) in [7, 11) is 0. The van der Waals surface area contributed by atoms with Gasteiger partial charge in [0, 0.05) is 6.54 Å². The van der Waals surface area contributed by atoms with Gasteiger partial charge in [0.05, 0.1) is 5.69 Å². The largest absolute Gasteiger partial charge is 0.383 e. The summed E-state index contributed by atoms with van der Waals surface area (Å²) in [6.07, 6.45) is 5.15. The van der Waals surface area contributed by atoms with Crippen LogP contribution in [0.4, 0.5) is 5.82 Å². The Morgan fingerprint density at radius 3 is 2.88 bits per heavy atom. The zero-order valence-electron chi connectivity index (χ0n) is 10.6. The van der Waals surface area contributed by atoms with Crippen molar-refractivity contribution < 1.29 is 0 Å². The number of rotatable bonds is 2. The Kier molecular flexibility index (Phi) is 3.37. The molecule has 1 aliphatic rings. The van der Waals surface area contributed by atoms with Crippen LogP contribution < -0.4 is 5.73 Å². The van der Waals surface area contributed by atoms with Gasteiger partial charge in [-0.1, -0.05) is 19.8 Å². The summed E-state index contributed by atoms with van der Waals surface area (Å²) in [6, 6.07) is 2.12. The van der Waals surface area contributed by atoms with Crippen molar-refractivity contribution in [3.63, 3.8) is 0 Å². The molecule has 0 spiro atoms. The van der Waals surface area contributed by atoms with E-state index in [-0.39, 0.29) is 0 Å². The monoisotopic (exact) mass is 232 g/mol. The van der Waals surface area contributed by atoms with E-state index >= 15 is 0 Å². The summed E-state index contributed by atoms with van der Waals surface area (Å²) in [6.45, 7) is 5.01.